The molecule has 1 aromatic rings. The average molecular weight is 381 g/mol. The summed E-state index contributed by atoms with van der Waals surface area (Å²) in [6.07, 6.45) is 1.81. The summed E-state index contributed by atoms with van der Waals surface area (Å²) < 4.78 is 18.9. The van der Waals surface area contributed by atoms with Gasteiger partial charge in [-0.05, 0) is 31.7 Å². The topological polar surface area (TPSA) is 112 Å². The Bertz CT molecular complexity index is 723. The molecule has 2 N–H and O–H groups in total. The van der Waals surface area contributed by atoms with Crippen LogP contribution in [0.15, 0.2) is 17.1 Å². The lowest BCUT2D eigenvalue weighted by Gasteiger charge is -2.28. The predicted molar refractivity (Wildman–Crippen MR) is 96.3 cm³/mol. The first kappa shape index (κ1) is 19.9. The van der Waals surface area contributed by atoms with Crippen LogP contribution < -0.4 is 11.0 Å². The zero-order valence-corrected chi connectivity index (χ0v) is 15.8. The lowest BCUT2D eigenvalue weighted by atomic mass is 10.1. The molecule has 5 unspecified atom stereocenters. The first-order valence-corrected chi connectivity index (χ1v) is 9.33. The van der Waals surface area contributed by atoms with Gasteiger partial charge in [-0.2, -0.15) is 4.98 Å². The lowest BCUT2D eigenvalue weighted by Crippen LogP contribution is -2.41. The smallest absolute Gasteiger partial charge is 0.351 e. The largest absolute Gasteiger partial charge is 0.388 e. The van der Waals surface area contributed by atoms with Gasteiger partial charge in [0.05, 0.1) is 18.3 Å². The Balaban J connectivity index is 1.85. The normalized spacial score (nSPS) is 33.3. The van der Waals surface area contributed by atoms with Gasteiger partial charge in [0.2, 0.25) is 5.91 Å². The van der Waals surface area contributed by atoms with E-state index in [2.05, 4.69) is 10.3 Å². The van der Waals surface area contributed by atoms with E-state index in [0.29, 0.717) is 6.42 Å². The number of rotatable bonds is 6. The number of hydrogen-bond acceptors (Lipinski definition) is 7. The van der Waals surface area contributed by atoms with Crippen molar-refractivity contribution >= 4 is 11.7 Å². The summed E-state index contributed by atoms with van der Waals surface area (Å²) in [7, 11) is 1.65. The zero-order chi connectivity index (χ0) is 19.6. The van der Waals surface area contributed by atoms with E-state index in [1.807, 2.05) is 6.92 Å². The third kappa shape index (κ3) is 4.21. The summed E-state index contributed by atoms with van der Waals surface area (Å²) >= 11 is 0. The van der Waals surface area contributed by atoms with Crippen LogP contribution in [0.4, 0.5) is 5.82 Å². The molecule has 2 aliphatic rings. The van der Waals surface area contributed by atoms with Crippen LogP contribution in [0.3, 0.4) is 0 Å². The minimum absolute atomic E-state index is 0.0319. The molecule has 1 saturated carbocycles. The SMILES string of the molecule is CCC1OC(n2ccc(NC(C)=O)nc2=O)C(O[C@H]2CCCC2OC)C1O. The van der Waals surface area contributed by atoms with Gasteiger partial charge in [-0.15, -0.1) is 0 Å². The molecule has 9 heteroatoms. The fourth-order valence-electron chi connectivity index (χ4n) is 3.80. The molecule has 150 valence electrons. The standard InChI is InChI=1S/C18H27N3O6/c1-4-11-15(23)16(26-13-7-5-6-12(13)25-3)17(27-11)21-9-8-14(19-10(2)22)20-18(21)24/h8-9,11-13,15-17,23H,4-7H2,1-3H3,(H,19,20,22,24)/t11?,12?,13-,15?,16?,17?/m0/s1. The van der Waals surface area contributed by atoms with Crippen molar-refractivity contribution in [2.24, 2.45) is 0 Å². The number of aliphatic hydroxyl groups excluding tert-OH is 1. The summed E-state index contributed by atoms with van der Waals surface area (Å²) in [5, 5.41) is 13.2. The molecule has 27 heavy (non-hydrogen) atoms. The summed E-state index contributed by atoms with van der Waals surface area (Å²) in [6, 6.07) is 1.52. The summed E-state index contributed by atoms with van der Waals surface area (Å²) in [6.45, 7) is 3.24. The quantitative estimate of drug-likeness (QED) is 0.750. The van der Waals surface area contributed by atoms with Gasteiger partial charge < -0.3 is 24.6 Å². The average Bonchev–Trinajstić information content (AvgIpc) is 3.20. The molecule has 1 amide bonds. The van der Waals surface area contributed by atoms with E-state index in [1.54, 1.807) is 7.11 Å². The van der Waals surface area contributed by atoms with Gasteiger partial charge in [-0.25, -0.2) is 4.79 Å². The molecule has 2 heterocycles. The Morgan fingerprint density at radius 2 is 2.19 bits per heavy atom. The van der Waals surface area contributed by atoms with E-state index < -0.39 is 30.2 Å². The number of methoxy groups -OCH3 is 1. The predicted octanol–water partition coefficient (Wildman–Crippen LogP) is 0.823. The van der Waals surface area contributed by atoms with Gasteiger partial charge in [0, 0.05) is 20.2 Å². The summed E-state index contributed by atoms with van der Waals surface area (Å²) in [5.74, 6) is -0.145. The number of aliphatic hydroxyl groups is 1. The van der Waals surface area contributed by atoms with Crippen LogP contribution in [0.2, 0.25) is 0 Å². The minimum Gasteiger partial charge on any atom is -0.388 e. The first-order valence-electron chi connectivity index (χ1n) is 9.33. The van der Waals surface area contributed by atoms with E-state index in [0.717, 1.165) is 19.3 Å². The van der Waals surface area contributed by atoms with Crippen molar-refractivity contribution < 1.29 is 24.1 Å². The monoisotopic (exact) mass is 381 g/mol. The van der Waals surface area contributed by atoms with E-state index in [4.69, 9.17) is 14.2 Å². The molecule has 2 fully saturated rings. The molecule has 1 aromatic heterocycles. The van der Waals surface area contributed by atoms with Gasteiger partial charge >= 0.3 is 5.69 Å². The molecule has 9 nitrogen and oxygen atoms in total. The van der Waals surface area contributed by atoms with E-state index in [9.17, 15) is 14.7 Å². The number of ether oxygens (including phenoxy) is 3. The van der Waals surface area contributed by atoms with Gasteiger partial charge in [-0.1, -0.05) is 6.92 Å². The van der Waals surface area contributed by atoms with Crippen LogP contribution in [0, 0.1) is 0 Å². The second-order valence-corrected chi connectivity index (χ2v) is 6.99. The second kappa shape index (κ2) is 8.47. The van der Waals surface area contributed by atoms with E-state index >= 15 is 0 Å². The molecule has 6 atom stereocenters. The van der Waals surface area contributed by atoms with Crippen LogP contribution in [0.25, 0.3) is 0 Å². The molecule has 1 saturated heterocycles. The molecule has 0 radical (unpaired) electrons. The van der Waals surface area contributed by atoms with Crippen molar-refractivity contribution in [1.29, 1.82) is 0 Å². The maximum atomic E-state index is 12.5. The maximum absolute atomic E-state index is 12.5. The Labute approximate surface area is 157 Å². The van der Waals surface area contributed by atoms with Crippen molar-refractivity contribution in [2.45, 2.75) is 76.3 Å². The van der Waals surface area contributed by atoms with E-state index in [1.165, 1.54) is 23.8 Å². The van der Waals surface area contributed by atoms with Gasteiger partial charge in [-0.3, -0.25) is 9.36 Å². The molecule has 0 aromatic carbocycles. The van der Waals surface area contributed by atoms with Crippen LogP contribution in [0.1, 0.15) is 45.8 Å². The highest BCUT2D eigenvalue weighted by atomic mass is 16.6. The second-order valence-electron chi connectivity index (χ2n) is 6.99. The number of anilines is 1. The maximum Gasteiger partial charge on any atom is 0.351 e. The fourth-order valence-corrected chi connectivity index (χ4v) is 3.80. The summed E-state index contributed by atoms with van der Waals surface area (Å²) in [4.78, 5) is 27.5. The first-order chi connectivity index (χ1) is 12.9. The number of hydrogen-bond donors (Lipinski definition) is 2. The molecule has 1 aliphatic heterocycles. The number of carbonyl (C=O) groups is 1. The zero-order valence-electron chi connectivity index (χ0n) is 15.8. The lowest BCUT2D eigenvalue weighted by molar-refractivity contribution is -0.130. The Morgan fingerprint density at radius 3 is 2.81 bits per heavy atom. The Kier molecular flexibility index (Phi) is 6.25. The molecule has 3 rings (SSSR count). The summed E-state index contributed by atoms with van der Waals surface area (Å²) in [5.41, 5.74) is -0.585. The fraction of sp³-hybridized carbons (Fsp3) is 0.722. The van der Waals surface area contributed by atoms with Gasteiger partial charge in [0.25, 0.3) is 0 Å². The minimum atomic E-state index is -0.861. The van der Waals surface area contributed by atoms with Crippen LogP contribution in [0.5, 0.6) is 0 Å². The third-order valence-electron chi connectivity index (χ3n) is 5.15. The molecular weight excluding hydrogens is 354 g/mol. The molecule has 0 spiro atoms. The number of aromatic nitrogens is 2. The highest BCUT2D eigenvalue weighted by Crippen LogP contribution is 2.36. The van der Waals surface area contributed by atoms with Gasteiger partial charge in [0.15, 0.2) is 6.23 Å². The van der Waals surface area contributed by atoms with Gasteiger partial charge in [0.1, 0.15) is 18.0 Å². The van der Waals surface area contributed by atoms with Crippen LogP contribution >= 0.6 is 0 Å². The molecule has 0 bridgehead atoms. The third-order valence-corrected chi connectivity index (χ3v) is 5.15. The molecular formula is C18H27N3O6. The number of nitrogens with one attached hydrogen (secondary N) is 1. The number of nitrogens with zero attached hydrogens (tertiary/aromatic N) is 2. The highest BCUT2D eigenvalue weighted by molar-refractivity contribution is 5.87. The van der Waals surface area contributed by atoms with Crippen molar-refractivity contribution in [3.8, 4) is 0 Å². The van der Waals surface area contributed by atoms with Crippen molar-refractivity contribution in [1.82, 2.24) is 9.55 Å². The van der Waals surface area contributed by atoms with Crippen molar-refractivity contribution in [3.05, 3.63) is 22.7 Å². The Morgan fingerprint density at radius 1 is 1.44 bits per heavy atom. The Hall–Kier alpha value is -1.81. The van der Waals surface area contributed by atoms with E-state index in [-0.39, 0.29) is 23.9 Å². The van der Waals surface area contributed by atoms with Crippen molar-refractivity contribution in [3.63, 3.8) is 0 Å². The highest BCUT2D eigenvalue weighted by Gasteiger charge is 2.47. The van der Waals surface area contributed by atoms with Crippen molar-refractivity contribution in [2.75, 3.05) is 12.4 Å². The number of amides is 1. The van der Waals surface area contributed by atoms with Crippen LogP contribution in [-0.4, -0.2) is 58.2 Å². The number of carbonyl (C=O) groups excluding carboxylic acids is 1. The van der Waals surface area contributed by atoms with Crippen LogP contribution in [-0.2, 0) is 19.0 Å². The molecule has 1 aliphatic carbocycles.